The van der Waals surface area contributed by atoms with Crippen LogP contribution in [-0.2, 0) is 0 Å². The molecule has 0 spiro atoms. The van der Waals surface area contributed by atoms with Gasteiger partial charge in [-0.1, -0.05) is 12.1 Å². The number of benzene rings is 2. The summed E-state index contributed by atoms with van der Waals surface area (Å²) in [7, 11) is 0. The summed E-state index contributed by atoms with van der Waals surface area (Å²) >= 11 is 0. The van der Waals surface area contributed by atoms with Crippen LogP contribution in [0.2, 0.25) is 0 Å². The standard InChI is InChI=1S/C21H14N4O3/c1-13-10-14(6-8-19(13)25(26)27)20-9-7-16(28-20)11-15(12-22)21-23-17-4-2-3-5-18(17)24-21/h2-11H,1H3,(H,23,24). The van der Waals surface area contributed by atoms with Gasteiger partial charge in [-0.15, -0.1) is 0 Å². The van der Waals surface area contributed by atoms with E-state index in [-0.39, 0.29) is 5.69 Å². The molecule has 0 atom stereocenters. The van der Waals surface area contributed by atoms with Crippen LogP contribution in [0.25, 0.3) is 34.0 Å². The molecule has 0 bridgehead atoms. The summed E-state index contributed by atoms with van der Waals surface area (Å²) in [5.74, 6) is 1.52. The Hall–Kier alpha value is -4.18. The van der Waals surface area contributed by atoms with Gasteiger partial charge in [0.15, 0.2) is 0 Å². The van der Waals surface area contributed by atoms with E-state index in [9.17, 15) is 15.4 Å². The normalized spacial score (nSPS) is 11.5. The Bertz CT molecular complexity index is 1240. The van der Waals surface area contributed by atoms with Crippen molar-refractivity contribution in [3.63, 3.8) is 0 Å². The summed E-state index contributed by atoms with van der Waals surface area (Å²) in [5, 5.41) is 20.5. The Labute approximate surface area is 159 Å². The summed E-state index contributed by atoms with van der Waals surface area (Å²) in [6.45, 7) is 1.68. The summed E-state index contributed by atoms with van der Waals surface area (Å²) in [6.07, 6.45) is 1.61. The number of allylic oxidation sites excluding steroid dienone is 1. The van der Waals surface area contributed by atoms with E-state index in [4.69, 9.17) is 4.42 Å². The number of fused-ring (bicyclic) bond motifs is 1. The molecule has 2 heterocycles. The van der Waals surface area contributed by atoms with Crippen molar-refractivity contribution < 1.29 is 9.34 Å². The molecule has 0 aliphatic carbocycles. The van der Waals surface area contributed by atoms with Crippen LogP contribution >= 0.6 is 0 Å². The lowest BCUT2D eigenvalue weighted by Crippen LogP contribution is -1.91. The highest BCUT2D eigenvalue weighted by Crippen LogP contribution is 2.29. The minimum absolute atomic E-state index is 0.0621. The zero-order valence-corrected chi connectivity index (χ0v) is 14.8. The van der Waals surface area contributed by atoms with Crippen LogP contribution in [0.3, 0.4) is 0 Å². The molecule has 0 fully saturated rings. The maximum Gasteiger partial charge on any atom is 0.272 e. The van der Waals surface area contributed by atoms with E-state index in [1.54, 1.807) is 37.3 Å². The van der Waals surface area contributed by atoms with E-state index >= 15 is 0 Å². The lowest BCUT2D eigenvalue weighted by Gasteiger charge is -2.00. The van der Waals surface area contributed by atoms with Gasteiger partial charge in [0.05, 0.1) is 21.5 Å². The van der Waals surface area contributed by atoms with E-state index in [1.165, 1.54) is 6.07 Å². The number of aromatic nitrogens is 2. The highest BCUT2D eigenvalue weighted by Gasteiger charge is 2.13. The highest BCUT2D eigenvalue weighted by molar-refractivity contribution is 5.89. The van der Waals surface area contributed by atoms with Gasteiger partial charge < -0.3 is 9.40 Å². The highest BCUT2D eigenvalue weighted by atomic mass is 16.6. The van der Waals surface area contributed by atoms with Gasteiger partial charge in [-0.05, 0) is 43.3 Å². The molecule has 7 heteroatoms. The Morgan fingerprint density at radius 2 is 2.07 bits per heavy atom. The molecule has 2 aromatic carbocycles. The molecule has 1 N–H and O–H groups in total. The second kappa shape index (κ2) is 6.85. The number of furan rings is 1. The number of aryl methyl sites for hydroxylation is 1. The van der Waals surface area contributed by atoms with Crippen molar-refractivity contribution >= 4 is 28.4 Å². The quantitative estimate of drug-likeness (QED) is 0.305. The van der Waals surface area contributed by atoms with Crippen LogP contribution in [0.1, 0.15) is 17.1 Å². The molecule has 0 unspecified atom stereocenters. The van der Waals surface area contributed by atoms with Crippen molar-refractivity contribution in [1.82, 2.24) is 9.97 Å². The molecule has 7 nitrogen and oxygen atoms in total. The molecule has 0 aliphatic heterocycles. The van der Waals surface area contributed by atoms with Crippen molar-refractivity contribution in [2.45, 2.75) is 6.92 Å². The zero-order chi connectivity index (χ0) is 19.7. The molecule has 2 aromatic heterocycles. The largest absolute Gasteiger partial charge is 0.457 e. The van der Waals surface area contributed by atoms with Gasteiger partial charge in [0.2, 0.25) is 0 Å². The fourth-order valence-corrected chi connectivity index (χ4v) is 2.98. The predicted molar refractivity (Wildman–Crippen MR) is 105 cm³/mol. The summed E-state index contributed by atoms with van der Waals surface area (Å²) in [4.78, 5) is 18.1. The topological polar surface area (TPSA) is 109 Å². The maximum absolute atomic E-state index is 11.0. The summed E-state index contributed by atoms with van der Waals surface area (Å²) in [5.41, 5.74) is 3.31. The second-order valence-electron chi connectivity index (χ2n) is 6.23. The van der Waals surface area contributed by atoms with Gasteiger partial charge in [0.25, 0.3) is 5.69 Å². The SMILES string of the molecule is Cc1cc(-c2ccc(C=C(C#N)c3nc4ccccc4[nH]3)o2)ccc1[N+](=O)[O-]. The molecule has 4 rings (SSSR count). The smallest absolute Gasteiger partial charge is 0.272 e. The summed E-state index contributed by atoms with van der Waals surface area (Å²) < 4.78 is 5.81. The maximum atomic E-state index is 11.0. The Morgan fingerprint density at radius 3 is 2.79 bits per heavy atom. The van der Waals surface area contributed by atoms with Crippen molar-refractivity contribution in [1.29, 1.82) is 5.26 Å². The second-order valence-corrected chi connectivity index (χ2v) is 6.23. The van der Waals surface area contributed by atoms with Crippen molar-refractivity contribution in [3.8, 4) is 17.4 Å². The van der Waals surface area contributed by atoms with Crippen molar-refractivity contribution in [3.05, 3.63) is 81.9 Å². The first kappa shape index (κ1) is 17.2. The summed E-state index contributed by atoms with van der Waals surface area (Å²) in [6, 6.07) is 18.0. The first-order valence-corrected chi connectivity index (χ1v) is 8.47. The number of nitro groups is 1. The average molecular weight is 370 g/mol. The van der Waals surface area contributed by atoms with Crippen LogP contribution in [0, 0.1) is 28.4 Å². The molecule has 0 radical (unpaired) electrons. The number of hydrogen-bond donors (Lipinski definition) is 1. The molecule has 0 saturated heterocycles. The van der Waals surface area contributed by atoms with E-state index in [0.717, 1.165) is 16.6 Å². The van der Waals surface area contributed by atoms with Crippen LogP contribution in [-0.4, -0.2) is 14.9 Å². The van der Waals surface area contributed by atoms with Crippen LogP contribution in [0.15, 0.2) is 59.0 Å². The van der Waals surface area contributed by atoms with Crippen molar-refractivity contribution in [2.75, 3.05) is 0 Å². The minimum Gasteiger partial charge on any atom is -0.457 e. The molecule has 0 saturated carbocycles. The molecule has 0 amide bonds. The van der Waals surface area contributed by atoms with E-state index in [0.29, 0.717) is 28.5 Å². The molecule has 28 heavy (non-hydrogen) atoms. The molecular formula is C21H14N4O3. The van der Waals surface area contributed by atoms with Gasteiger partial charge >= 0.3 is 0 Å². The van der Waals surface area contributed by atoms with Gasteiger partial charge in [-0.25, -0.2) is 4.98 Å². The number of nitrogens with zero attached hydrogens (tertiary/aromatic N) is 3. The van der Waals surface area contributed by atoms with Gasteiger partial charge in [0, 0.05) is 23.3 Å². The number of aromatic amines is 1. The fraction of sp³-hybridized carbons (Fsp3) is 0.0476. The lowest BCUT2D eigenvalue weighted by molar-refractivity contribution is -0.385. The molecule has 0 aliphatic rings. The van der Waals surface area contributed by atoms with Crippen LogP contribution in [0.5, 0.6) is 0 Å². The van der Waals surface area contributed by atoms with Crippen LogP contribution in [0.4, 0.5) is 5.69 Å². The minimum atomic E-state index is -0.415. The van der Waals surface area contributed by atoms with Crippen molar-refractivity contribution in [2.24, 2.45) is 0 Å². The molecule has 4 aromatic rings. The Kier molecular flexibility index (Phi) is 4.22. The lowest BCUT2D eigenvalue weighted by atomic mass is 10.1. The van der Waals surface area contributed by atoms with E-state index in [2.05, 4.69) is 16.0 Å². The van der Waals surface area contributed by atoms with Crippen LogP contribution < -0.4 is 0 Å². The number of rotatable bonds is 4. The predicted octanol–water partition coefficient (Wildman–Crippen LogP) is 5.10. The number of hydrogen-bond acceptors (Lipinski definition) is 5. The number of nitrogens with one attached hydrogen (secondary N) is 1. The Balaban J connectivity index is 1.67. The molecular weight excluding hydrogens is 356 g/mol. The molecule has 136 valence electrons. The first-order valence-electron chi connectivity index (χ1n) is 8.47. The Morgan fingerprint density at radius 1 is 1.25 bits per heavy atom. The number of nitriles is 1. The van der Waals surface area contributed by atoms with E-state index < -0.39 is 4.92 Å². The van der Waals surface area contributed by atoms with Gasteiger partial charge in [0.1, 0.15) is 23.4 Å². The zero-order valence-electron chi connectivity index (χ0n) is 14.8. The number of para-hydroxylation sites is 2. The number of nitro benzene ring substituents is 1. The van der Waals surface area contributed by atoms with E-state index in [1.807, 2.05) is 24.3 Å². The third-order valence-electron chi connectivity index (χ3n) is 4.36. The third-order valence-corrected chi connectivity index (χ3v) is 4.36. The van der Waals surface area contributed by atoms with Gasteiger partial charge in [-0.2, -0.15) is 5.26 Å². The average Bonchev–Trinajstić information content (AvgIpc) is 3.32. The number of H-pyrrole nitrogens is 1. The fourth-order valence-electron chi connectivity index (χ4n) is 2.98. The number of imidazole rings is 1. The van der Waals surface area contributed by atoms with Gasteiger partial charge in [-0.3, -0.25) is 10.1 Å². The first-order chi connectivity index (χ1) is 13.5. The monoisotopic (exact) mass is 370 g/mol. The third kappa shape index (κ3) is 3.15.